The summed E-state index contributed by atoms with van der Waals surface area (Å²) < 4.78 is 10.9. The number of pyridine rings is 1. The van der Waals surface area contributed by atoms with Crippen LogP contribution in [0.4, 0.5) is 0 Å². The molecule has 0 spiro atoms. The lowest BCUT2D eigenvalue weighted by Crippen LogP contribution is -2.26. The Morgan fingerprint density at radius 3 is 2.80 bits per heavy atom. The van der Waals surface area contributed by atoms with Gasteiger partial charge >= 0.3 is 0 Å². The van der Waals surface area contributed by atoms with Crippen LogP contribution in [-0.4, -0.2) is 40.1 Å². The van der Waals surface area contributed by atoms with Crippen LogP contribution in [0.15, 0.2) is 67.0 Å². The van der Waals surface area contributed by atoms with E-state index in [1.165, 1.54) is 0 Å². The average Bonchev–Trinajstić information content (AvgIpc) is 3.26. The van der Waals surface area contributed by atoms with Gasteiger partial charge in [-0.15, -0.1) is 0 Å². The third-order valence-corrected chi connectivity index (χ3v) is 4.81. The van der Waals surface area contributed by atoms with Crippen molar-refractivity contribution in [2.75, 3.05) is 14.2 Å². The molecule has 4 rings (SSSR count). The van der Waals surface area contributed by atoms with E-state index in [1.807, 2.05) is 48.7 Å². The average molecular weight is 402 g/mol. The van der Waals surface area contributed by atoms with E-state index in [2.05, 4.69) is 15.2 Å². The number of hydrogen-bond acceptors (Lipinski definition) is 5. The molecule has 0 atom stereocenters. The van der Waals surface area contributed by atoms with Gasteiger partial charge in [-0.3, -0.25) is 14.9 Å². The highest BCUT2D eigenvalue weighted by atomic mass is 16.5. The molecule has 0 aliphatic carbocycles. The van der Waals surface area contributed by atoms with Gasteiger partial charge < -0.3 is 14.4 Å². The van der Waals surface area contributed by atoms with Crippen molar-refractivity contribution in [3.8, 4) is 11.5 Å². The Morgan fingerprint density at radius 1 is 1.10 bits per heavy atom. The van der Waals surface area contributed by atoms with E-state index in [0.29, 0.717) is 23.7 Å². The number of aromatic amines is 1. The normalized spacial score (nSPS) is 10.7. The fraction of sp³-hybridized carbons (Fsp3) is 0.174. The molecule has 1 amide bonds. The summed E-state index contributed by atoms with van der Waals surface area (Å²) in [7, 11) is 3.38. The van der Waals surface area contributed by atoms with Crippen LogP contribution < -0.4 is 9.47 Å². The predicted molar refractivity (Wildman–Crippen MR) is 113 cm³/mol. The first-order chi connectivity index (χ1) is 14.6. The van der Waals surface area contributed by atoms with E-state index in [0.717, 1.165) is 22.1 Å². The lowest BCUT2D eigenvalue weighted by molar-refractivity contribution is 0.0780. The molecule has 152 valence electrons. The second kappa shape index (κ2) is 8.65. The maximum Gasteiger partial charge on any atom is 0.274 e. The van der Waals surface area contributed by atoms with Crippen LogP contribution in [0.25, 0.3) is 10.8 Å². The molecule has 0 bridgehead atoms. The molecule has 7 nitrogen and oxygen atoms in total. The number of amides is 1. The zero-order valence-corrected chi connectivity index (χ0v) is 16.8. The molecule has 1 N–H and O–H groups in total. The first-order valence-corrected chi connectivity index (χ1v) is 9.52. The Balaban J connectivity index is 1.41. The number of carbonyl (C=O) groups excluding carboxylic acids is 1. The van der Waals surface area contributed by atoms with Gasteiger partial charge in [0.15, 0.2) is 5.69 Å². The molecule has 2 aromatic heterocycles. The highest BCUT2D eigenvalue weighted by Crippen LogP contribution is 2.21. The lowest BCUT2D eigenvalue weighted by Gasteiger charge is -2.17. The number of benzene rings is 2. The van der Waals surface area contributed by atoms with Gasteiger partial charge in [-0.05, 0) is 35.2 Å². The number of fused-ring (bicyclic) bond motifs is 1. The fourth-order valence-electron chi connectivity index (χ4n) is 3.25. The Labute approximate surface area is 174 Å². The number of carbonyl (C=O) groups is 1. The molecule has 30 heavy (non-hydrogen) atoms. The number of methoxy groups -OCH3 is 1. The van der Waals surface area contributed by atoms with Gasteiger partial charge in [-0.25, -0.2) is 0 Å². The van der Waals surface area contributed by atoms with Gasteiger partial charge in [-0.1, -0.05) is 24.3 Å². The van der Waals surface area contributed by atoms with E-state index in [9.17, 15) is 4.79 Å². The highest BCUT2D eigenvalue weighted by molar-refractivity contribution is 5.92. The minimum Gasteiger partial charge on any atom is -0.497 e. The van der Waals surface area contributed by atoms with Gasteiger partial charge in [0.1, 0.15) is 18.1 Å². The third-order valence-electron chi connectivity index (χ3n) is 4.81. The summed E-state index contributed by atoms with van der Waals surface area (Å²) >= 11 is 0. The summed E-state index contributed by atoms with van der Waals surface area (Å²) in [6, 6.07) is 17.0. The van der Waals surface area contributed by atoms with Crippen molar-refractivity contribution >= 4 is 16.7 Å². The Kier molecular flexibility index (Phi) is 5.61. The van der Waals surface area contributed by atoms with Gasteiger partial charge in [0.2, 0.25) is 0 Å². The summed E-state index contributed by atoms with van der Waals surface area (Å²) in [4.78, 5) is 18.6. The first kappa shape index (κ1) is 19.4. The first-order valence-electron chi connectivity index (χ1n) is 9.52. The monoisotopic (exact) mass is 402 g/mol. The number of nitrogens with one attached hydrogen (secondary N) is 1. The predicted octanol–water partition coefficient (Wildman–Crippen LogP) is 3.82. The number of aromatic nitrogens is 3. The van der Waals surface area contributed by atoms with Crippen LogP contribution in [0.3, 0.4) is 0 Å². The fourth-order valence-corrected chi connectivity index (χ4v) is 3.25. The second-order valence-corrected chi connectivity index (χ2v) is 6.92. The number of nitrogens with zero attached hydrogens (tertiary/aromatic N) is 3. The van der Waals surface area contributed by atoms with Crippen LogP contribution >= 0.6 is 0 Å². The quantitative estimate of drug-likeness (QED) is 0.508. The van der Waals surface area contributed by atoms with Crippen molar-refractivity contribution in [1.82, 2.24) is 20.1 Å². The van der Waals surface area contributed by atoms with Crippen LogP contribution in [0.5, 0.6) is 11.5 Å². The van der Waals surface area contributed by atoms with Gasteiger partial charge in [0.25, 0.3) is 5.91 Å². The van der Waals surface area contributed by atoms with E-state index >= 15 is 0 Å². The van der Waals surface area contributed by atoms with Gasteiger partial charge in [0.05, 0.1) is 12.8 Å². The van der Waals surface area contributed by atoms with Gasteiger partial charge in [-0.2, -0.15) is 5.10 Å². The van der Waals surface area contributed by atoms with E-state index in [4.69, 9.17) is 9.47 Å². The van der Waals surface area contributed by atoms with E-state index < -0.39 is 0 Å². The van der Waals surface area contributed by atoms with E-state index in [1.54, 1.807) is 37.4 Å². The highest BCUT2D eigenvalue weighted by Gasteiger charge is 2.17. The van der Waals surface area contributed by atoms with Crippen molar-refractivity contribution in [3.05, 3.63) is 83.9 Å². The number of rotatable bonds is 7. The maximum absolute atomic E-state index is 12.8. The largest absolute Gasteiger partial charge is 0.497 e. The lowest BCUT2D eigenvalue weighted by atomic mass is 10.1. The van der Waals surface area contributed by atoms with Crippen LogP contribution in [0, 0.1) is 0 Å². The molecule has 0 saturated carbocycles. The summed E-state index contributed by atoms with van der Waals surface area (Å²) in [5.74, 6) is 1.24. The molecule has 0 radical (unpaired) electrons. The van der Waals surface area contributed by atoms with Crippen molar-refractivity contribution < 1.29 is 14.3 Å². The van der Waals surface area contributed by atoms with Crippen LogP contribution in [0.2, 0.25) is 0 Å². The molecule has 2 aromatic carbocycles. The molecule has 0 saturated heterocycles. The van der Waals surface area contributed by atoms with Crippen LogP contribution in [-0.2, 0) is 13.2 Å². The maximum atomic E-state index is 12.8. The minimum absolute atomic E-state index is 0.162. The SMILES string of the molecule is COc1cccc(OCc2cc(C(=O)N(C)Cc3cccc4cnccc34)n[nH]2)c1. The molecule has 2 heterocycles. The van der Waals surface area contributed by atoms with Crippen molar-refractivity contribution in [1.29, 1.82) is 0 Å². The molecule has 0 aliphatic rings. The number of hydrogen-bond donors (Lipinski definition) is 1. The summed E-state index contributed by atoms with van der Waals surface area (Å²) in [6.45, 7) is 0.746. The van der Waals surface area contributed by atoms with Gasteiger partial charge in [0, 0.05) is 37.4 Å². The van der Waals surface area contributed by atoms with E-state index in [-0.39, 0.29) is 12.5 Å². The van der Waals surface area contributed by atoms with Crippen molar-refractivity contribution in [2.45, 2.75) is 13.2 Å². The molecular weight excluding hydrogens is 380 g/mol. The molecular formula is C23H22N4O3. The van der Waals surface area contributed by atoms with Crippen LogP contribution in [0.1, 0.15) is 21.7 Å². The third kappa shape index (κ3) is 4.25. The summed E-state index contributed by atoms with van der Waals surface area (Å²) in [5.41, 5.74) is 2.12. The molecule has 4 aromatic rings. The minimum atomic E-state index is -0.162. The van der Waals surface area contributed by atoms with Crippen molar-refractivity contribution in [2.24, 2.45) is 0 Å². The standard InChI is InChI=1S/C23H22N4O3/c1-27(14-17-6-3-5-16-13-24-10-9-21(16)17)23(28)22-11-18(25-26-22)15-30-20-8-4-7-19(12-20)29-2/h3-13H,14-15H2,1-2H3,(H,25,26). The van der Waals surface area contributed by atoms with Crippen molar-refractivity contribution in [3.63, 3.8) is 0 Å². The summed E-state index contributed by atoms with van der Waals surface area (Å²) in [5, 5.41) is 9.16. The second-order valence-electron chi connectivity index (χ2n) is 6.92. The number of ether oxygens (including phenoxy) is 2. The Morgan fingerprint density at radius 2 is 1.93 bits per heavy atom. The summed E-state index contributed by atoms with van der Waals surface area (Å²) in [6.07, 6.45) is 3.58. The zero-order chi connectivity index (χ0) is 20.9. The molecule has 7 heteroatoms. The molecule has 0 fully saturated rings. The number of H-pyrrole nitrogens is 1. The topological polar surface area (TPSA) is 80.3 Å². The Hall–Kier alpha value is -3.87. The Bertz CT molecular complexity index is 1170. The molecule has 0 aliphatic heterocycles. The molecule has 0 unspecified atom stereocenters. The zero-order valence-electron chi connectivity index (χ0n) is 16.8. The smallest absolute Gasteiger partial charge is 0.274 e.